The Morgan fingerprint density at radius 2 is 1.77 bits per heavy atom. The topological polar surface area (TPSA) is 35.9 Å². The summed E-state index contributed by atoms with van der Waals surface area (Å²) >= 11 is 0. The molecular weight excluding hydrogens is 324 g/mol. The number of aryl methyl sites for hydroxylation is 1. The average Bonchev–Trinajstić information content (AvgIpc) is 2.65. The molecule has 1 N–H and O–H groups in total. The molecule has 4 nitrogen and oxygen atoms in total. The van der Waals surface area contributed by atoms with Crippen molar-refractivity contribution < 1.29 is 9.84 Å². The van der Waals surface area contributed by atoms with Crippen molar-refractivity contribution >= 4 is 5.69 Å². The number of piperazine rings is 1. The first-order valence-electron chi connectivity index (χ1n) is 9.49. The van der Waals surface area contributed by atoms with Crippen molar-refractivity contribution in [1.82, 2.24) is 4.90 Å². The Kier molecular flexibility index (Phi) is 4.74. The molecule has 0 aromatic heterocycles. The molecule has 1 fully saturated rings. The van der Waals surface area contributed by atoms with Gasteiger partial charge in [-0.1, -0.05) is 36.4 Å². The van der Waals surface area contributed by atoms with Gasteiger partial charge in [0, 0.05) is 38.4 Å². The van der Waals surface area contributed by atoms with Gasteiger partial charge in [0.05, 0.1) is 13.2 Å². The SMILES string of the molecule is Cc1cccc(N2CCN(CC3(O)COCc4ccccc43)CC2)c1C. The molecular formula is C22H28N2O2. The summed E-state index contributed by atoms with van der Waals surface area (Å²) in [6.45, 7) is 9.87. The summed E-state index contributed by atoms with van der Waals surface area (Å²) in [7, 11) is 0. The van der Waals surface area contributed by atoms with E-state index in [0.717, 1.165) is 37.3 Å². The van der Waals surface area contributed by atoms with Gasteiger partial charge in [-0.05, 0) is 42.2 Å². The fraction of sp³-hybridized carbons (Fsp3) is 0.455. The monoisotopic (exact) mass is 352 g/mol. The van der Waals surface area contributed by atoms with Crippen LogP contribution in [0.25, 0.3) is 0 Å². The van der Waals surface area contributed by atoms with E-state index < -0.39 is 5.60 Å². The lowest BCUT2D eigenvalue weighted by Gasteiger charge is -2.42. The fourth-order valence-corrected chi connectivity index (χ4v) is 4.23. The molecule has 1 saturated heterocycles. The number of ether oxygens (including phenoxy) is 1. The summed E-state index contributed by atoms with van der Waals surface area (Å²) in [5.74, 6) is 0. The van der Waals surface area contributed by atoms with Gasteiger partial charge in [-0.2, -0.15) is 0 Å². The molecule has 2 aromatic carbocycles. The third-order valence-corrected chi connectivity index (χ3v) is 5.89. The molecule has 2 heterocycles. The summed E-state index contributed by atoms with van der Waals surface area (Å²) in [6, 6.07) is 14.7. The third kappa shape index (κ3) is 3.25. The zero-order valence-corrected chi connectivity index (χ0v) is 15.7. The van der Waals surface area contributed by atoms with Gasteiger partial charge >= 0.3 is 0 Å². The number of anilines is 1. The molecule has 4 rings (SSSR count). The van der Waals surface area contributed by atoms with Crippen LogP contribution in [0.5, 0.6) is 0 Å². The van der Waals surface area contributed by atoms with E-state index in [1.807, 2.05) is 18.2 Å². The molecule has 2 aliphatic heterocycles. The predicted molar refractivity (Wildman–Crippen MR) is 105 cm³/mol. The number of nitrogens with zero attached hydrogens (tertiary/aromatic N) is 2. The quantitative estimate of drug-likeness (QED) is 0.921. The van der Waals surface area contributed by atoms with Crippen LogP contribution in [0.4, 0.5) is 5.69 Å². The van der Waals surface area contributed by atoms with E-state index in [4.69, 9.17) is 4.74 Å². The molecule has 0 bridgehead atoms. The summed E-state index contributed by atoms with van der Waals surface area (Å²) in [4.78, 5) is 4.83. The van der Waals surface area contributed by atoms with Crippen LogP contribution in [-0.2, 0) is 16.9 Å². The van der Waals surface area contributed by atoms with Crippen molar-refractivity contribution in [2.24, 2.45) is 0 Å². The molecule has 2 aliphatic rings. The second kappa shape index (κ2) is 7.03. The van der Waals surface area contributed by atoms with Crippen molar-refractivity contribution in [3.8, 4) is 0 Å². The zero-order valence-electron chi connectivity index (χ0n) is 15.7. The van der Waals surface area contributed by atoms with Crippen LogP contribution in [0.2, 0.25) is 0 Å². The van der Waals surface area contributed by atoms with E-state index in [-0.39, 0.29) is 0 Å². The van der Waals surface area contributed by atoms with Gasteiger partial charge in [-0.25, -0.2) is 0 Å². The molecule has 1 unspecified atom stereocenters. The number of rotatable bonds is 3. The summed E-state index contributed by atoms with van der Waals surface area (Å²) in [6.07, 6.45) is 0. The van der Waals surface area contributed by atoms with Crippen LogP contribution in [-0.4, -0.2) is 49.3 Å². The Labute approximate surface area is 156 Å². The van der Waals surface area contributed by atoms with Crippen LogP contribution >= 0.6 is 0 Å². The molecule has 0 amide bonds. The number of hydrogen-bond acceptors (Lipinski definition) is 4. The lowest BCUT2D eigenvalue weighted by atomic mass is 9.88. The van der Waals surface area contributed by atoms with Crippen LogP contribution in [0.3, 0.4) is 0 Å². The number of fused-ring (bicyclic) bond motifs is 1. The van der Waals surface area contributed by atoms with Crippen LogP contribution in [0.1, 0.15) is 22.3 Å². The van der Waals surface area contributed by atoms with Crippen LogP contribution < -0.4 is 4.90 Å². The maximum atomic E-state index is 11.3. The first-order valence-corrected chi connectivity index (χ1v) is 9.49. The second-order valence-electron chi connectivity index (χ2n) is 7.66. The van der Waals surface area contributed by atoms with Crippen molar-refractivity contribution in [2.45, 2.75) is 26.1 Å². The Hall–Kier alpha value is -1.88. The second-order valence-corrected chi connectivity index (χ2v) is 7.66. The van der Waals surface area contributed by atoms with Crippen LogP contribution in [0.15, 0.2) is 42.5 Å². The standard InChI is InChI=1S/C22H28N2O2/c1-17-6-5-9-21(18(17)2)24-12-10-23(11-13-24)15-22(25)16-26-14-19-7-3-4-8-20(19)22/h3-9,25H,10-16H2,1-2H3. The fourth-order valence-electron chi connectivity index (χ4n) is 4.23. The first kappa shape index (κ1) is 17.5. The van der Waals surface area contributed by atoms with E-state index in [0.29, 0.717) is 19.8 Å². The largest absolute Gasteiger partial charge is 0.381 e. The van der Waals surface area contributed by atoms with Gasteiger partial charge < -0.3 is 14.7 Å². The maximum absolute atomic E-state index is 11.3. The van der Waals surface area contributed by atoms with E-state index in [9.17, 15) is 5.11 Å². The van der Waals surface area contributed by atoms with E-state index in [2.05, 4.69) is 47.9 Å². The Morgan fingerprint density at radius 1 is 1.00 bits per heavy atom. The number of benzene rings is 2. The molecule has 0 radical (unpaired) electrons. The van der Waals surface area contributed by atoms with Gasteiger partial charge in [0.2, 0.25) is 0 Å². The third-order valence-electron chi connectivity index (χ3n) is 5.89. The molecule has 26 heavy (non-hydrogen) atoms. The van der Waals surface area contributed by atoms with Crippen molar-refractivity contribution in [2.75, 3.05) is 44.2 Å². The highest BCUT2D eigenvalue weighted by Crippen LogP contribution is 2.32. The molecule has 0 saturated carbocycles. The highest BCUT2D eigenvalue weighted by Gasteiger charge is 2.37. The minimum atomic E-state index is -0.906. The summed E-state index contributed by atoms with van der Waals surface area (Å²) in [5, 5.41) is 11.3. The molecule has 0 aliphatic carbocycles. The molecule has 138 valence electrons. The zero-order chi connectivity index (χ0) is 18.1. The minimum absolute atomic E-state index is 0.376. The van der Waals surface area contributed by atoms with Gasteiger partial charge in [-0.3, -0.25) is 4.90 Å². The minimum Gasteiger partial charge on any atom is -0.381 e. The van der Waals surface area contributed by atoms with E-state index in [1.54, 1.807) is 0 Å². The average molecular weight is 352 g/mol. The van der Waals surface area contributed by atoms with Gasteiger partial charge in [0.15, 0.2) is 0 Å². The van der Waals surface area contributed by atoms with Gasteiger partial charge in [-0.15, -0.1) is 0 Å². The number of aliphatic hydroxyl groups is 1. The van der Waals surface area contributed by atoms with Crippen molar-refractivity contribution in [3.05, 3.63) is 64.7 Å². The molecule has 1 atom stereocenters. The predicted octanol–water partition coefficient (Wildman–Crippen LogP) is 2.84. The lowest BCUT2D eigenvalue weighted by molar-refractivity contribution is -0.0900. The molecule has 4 heteroatoms. The Balaban J connectivity index is 1.44. The maximum Gasteiger partial charge on any atom is 0.126 e. The van der Waals surface area contributed by atoms with E-state index in [1.165, 1.54) is 16.8 Å². The summed E-state index contributed by atoms with van der Waals surface area (Å²) in [5.41, 5.74) is 5.29. The first-order chi connectivity index (χ1) is 12.6. The highest BCUT2D eigenvalue weighted by molar-refractivity contribution is 5.56. The van der Waals surface area contributed by atoms with Gasteiger partial charge in [0.25, 0.3) is 0 Å². The number of hydrogen-bond donors (Lipinski definition) is 1. The van der Waals surface area contributed by atoms with E-state index >= 15 is 0 Å². The van der Waals surface area contributed by atoms with Crippen molar-refractivity contribution in [3.63, 3.8) is 0 Å². The molecule has 0 spiro atoms. The van der Waals surface area contributed by atoms with Crippen molar-refractivity contribution in [1.29, 1.82) is 0 Å². The Bertz CT molecular complexity index is 783. The smallest absolute Gasteiger partial charge is 0.126 e. The normalized spacial score (nSPS) is 23.7. The summed E-state index contributed by atoms with van der Waals surface area (Å²) < 4.78 is 5.69. The lowest BCUT2D eigenvalue weighted by Crippen LogP contribution is -2.53. The molecule has 2 aromatic rings. The Morgan fingerprint density at radius 3 is 2.58 bits per heavy atom. The van der Waals surface area contributed by atoms with Gasteiger partial charge in [0.1, 0.15) is 5.60 Å². The number of β-amino-alcohol motifs (C(OH)–C–C–N with tert-alkyl or cyclic N) is 1. The van der Waals surface area contributed by atoms with Crippen LogP contribution in [0, 0.1) is 13.8 Å². The highest BCUT2D eigenvalue weighted by atomic mass is 16.5.